The lowest BCUT2D eigenvalue weighted by molar-refractivity contribution is 0.487. The average Bonchev–Trinajstić information content (AvgIpc) is 2.76. The molecule has 0 aliphatic rings. The van der Waals surface area contributed by atoms with Crippen LogP contribution in [0.25, 0.3) is 22.3 Å². The summed E-state index contributed by atoms with van der Waals surface area (Å²) in [6, 6.07) is 26.8. The molecule has 0 fully saturated rings. The SMILES string of the molecule is Clc1ccc(-c2ccccc2)c(Oc2c(-c3ccccc3)ccc(Cl)c2Cl)c1Cl. The third-order valence-electron chi connectivity index (χ3n) is 4.47. The zero-order valence-corrected chi connectivity index (χ0v) is 18.0. The van der Waals surface area contributed by atoms with E-state index in [-0.39, 0.29) is 0 Å². The minimum absolute atomic E-state index is 0.308. The van der Waals surface area contributed by atoms with Crippen LogP contribution in [-0.2, 0) is 0 Å². The molecule has 0 unspecified atom stereocenters. The highest BCUT2D eigenvalue weighted by atomic mass is 35.5. The van der Waals surface area contributed by atoms with Crippen LogP contribution in [0.4, 0.5) is 0 Å². The van der Waals surface area contributed by atoms with Gasteiger partial charge in [0.1, 0.15) is 10.0 Å². The van der Waals surface area contributed by atoms with Crippen molar-refractivity contribution in [2.75, 3.05) is 0 Å². The Labute approximate surface area is 189 Å². The first-order chi connectivity index (χ1) is 14.1. The van der Waals surface area contributed by atoms with Crippen molar-refractivity contribution in [1.29, 1.82) is 0 Å². The zero-order chi connectivity index (χ0) is 20.4. The Kier molecular flexibility index (Phi) is 6.03. The van der Waals surface area contributed by atoms with Gasteiger partial charge in [0.25, 0.3) is 0 Å². The second kappa shape index (κ2) is 8.69. The summed E-state index contributed by atoms with van der Waals surface area (Å²) < 4.78 is 6.34. The number of ether oxygens (including phenoxy) is 1. The van der Waals surface area contributed by atoms with Crippen LogP contribution in [0, 0.1) is 0 Å². The highest BCUT2D eigenvalue weighted by molar-refractivity contribution is 6.44. The van der Waals surface area contributed by atoms with Crippen molar-refractivity contribution < 1.29 is 4.74 Å². The summed E-state index contributed by atoms with van der Waals surface area (Å²) in [7, 11) is 0. The van der Waals surface area contributed by atoms with Gasteiger partial charge in [0.15, 0.2) is 11.5 Å². The largest absolute Gasteiger partial charge is 0.453 e. The maximum atomic E-state index is 6.56. The number of rotatable bonds is 4. The fraction of sp³-hybridized carbons (Fsp3) is 0. The first kappa shape index (κ1) is 20.1. The van der Waals surface area contributed by atoms with Gasteiger partial charge in [-0.3, -0.25) is 0 Å². The van der Waals surface area contributed by atoms with Crippen LogP contribution in [0.3, 0.4) is 0 Å². The van der Waals surface area contributed by atoms with E-state index in [1.54, 1.807) is 12.1 Å². The molecule has 0 heterocycles. The van der Waals surface area contributed by atoms with Crippen molar-refractivity contribution >= 4 is 46.4 Å². The fourth-order valence-electron chi connectivity index (χ4n) is 3.06. The Bertz CT molecular complexity index is 1070. The average molecular weight is 460 g/mol. The van der Waals surface area contributed by atoms with Gasteiger partial charge in [-0.25, -0.2) is 0 Å². The molecule has 4 rings (SSSR count). The number of benzene rings is 4. The van der Waals surface area contributed by atoms with E-state index < -0.39 is 0 Å². The molecule has 0 radical (unpaired) electrons. The summed E-state index contributed by atoms with van der Waals surface area (Å²) in [5.74, 6) is 0.846. The quantitative estimate of drug-likeness (QED) is 0.295. The molecule has 0 atom stereocenters. The van der Waals surface area contributed by atoms with Crippen LogP contribution in [-0.4, -0.2) is 0 Å². The van der Waals surface area contributed by atoms with Crippen LogP contribution in [0.1, 0.15) is 0 Å². The second-order valence-electron chi connectivity index (χ2n) is 6.31. The molecule has 0 saturated carbocycles. The van der Waals surface area contributed by atoms with Gasteiger partial charge in [0, 0.05) is 11.1 Å². The highest BCUT2D eigenvalue weighted by Gasteiger charge is 2.20. The van der Waals surface area contributed by atoms with Crippen LogP contribution < -0.4 is 4.74 Å². The number of halogens is 4. The van der Waals surface area contributed by atoms with Crippen LogP contribution in [0.15, 0.2) is 84.9 Å². The summed E-state index contributed by atoms with van der Waals surface area (Å²) in [6.07, 6.45) is 0. The van der Waals surface area contributed by atoms with Crippen molar-refractivity contribution in [3.63, 3.8) is 0 Å². The second-order valence-corrected chi connectivity index (χ2v) is 7.88. The van der Waals surface area contributed by atoms with Crippen molar-refractivity contribution in [2.45, 2.75) is 0 Å². The van der Waals surface area contributed by atoms with E-state index in [0.29, 0.717) is 31.6 Å². The Morgan fingerprint density at radius 3 is 1.21 bits per heavy atom. The molecular weight excluding hydrogens is 446 g/mol. The van der Waals surface area contributed by atoms with E-state index in [1.165, 1.54) is 0 Å². The molecule has 0 aliphatic carbocycles. The van der Waals surface area contributed by atoms with Gasteiger partial charge in [-0.2, -0.15) is 0 Å². The smallest absolute Gasteiger partial charge is 0.155 e. The first-order valence-electron chi connectivity index (χ1n) is 8.81. The zero-order valence-electron chi connectivity index (χ0n) is 15.0. The van der Waals surface area contributed by atoms with E-state index in [9.17, 15) is 0 Å². The number of hydrogen-bond acceptors (Lipinski definition) is 1. The summed E-state index contributed by atoms with van der Waals surface area (Å²) in [6.45, 7) is 0. The molecule has 1 nitrogen and oxygen atoms in total. The molecule has 0 amide bonds. The van der Waals surface area contributed by atoms with Gasteiger partial charge >= 0.3 is 0 Å². The Balaban J connectivity index is 1.92. The minimum atomic E-state index is 0.308. The van der Waals surface area contributed by atoms with Crippen LogP contribution in [0.5, 0.6) is 11.5 Å². The fourth-order valence-corrected chi connectivity index (χ4v) is 3.76. The molecule has 0 aromatic heterocycles. The molecule has 0 bridgehead atoms. The summed E-state index contributed by atoms with van der Waals surface area (Å²) in [5.41, 5.74) is 3.49. The molecule has 4 aromatic carbocycles. The van der Waals surface area contributed by atoms with Crippen molar-refractivity contribution in [3.8, 4) is 33.8 Å². The van der Waals surface area contributed by atoms with Gasteiger partial charge in [-0.05, 0) is 35.4 Å². The third kappa shape index (κ3) is 4.10. The van der Waals surface area contributed by atoms with Gasteiger partial charge in [0.2, 0.25) is 0 Å². The maximum absolute atomic E-state index is 6.56. The molecular formula is C24H14Cl4O. The first-order valence-corrected chi connectivity index (χ1v) is 10.3. The standard InChI is InChI=1S/C24H14Cl4O/c25-19-13-11-17(15-7-3-1-4-8-15)23(21(19)27)29-24-18(12-14-20(26)22(24)28)16-9-5-2-6-10-16/h1-14H. The third-order valence-corrected chi connectivity index (χ3v) is 6.05. The van der Waals surface area contributed by atoms with Crippen LogP contribution in [0.2, 0.25) is 20.1 Å². The molecule has 0 N–H and O–H groups in total. The van der Waals surface area contributed by atoms with Gasteiger partial charge in [-0.15, -0.1) is 0 Å². The minimum Gasteiger partial charge on any atom is -0.453 e. The lowest BCUT2D eigenvalue weighted by Crippen LogP contribution is -1.94. The van der Waals surface area contributed by atoms with Gasteiger partial charge in [-0.1, -0.05) is 107 Å². The Morgan fingerprint density at radius 1 is 0.448 bits per heavy atom. The van der Waals surface area contributed by atoms with Crippen molar-refractivity contribution in [1.82, 2.24) is 0 Å². The van der Waals surface area contributed by atoms with Crippen molar-refractivity contribution in [3.05, 3.63) is 105 Å². The Hall–Kier alpha value is -2.16. The van der Waals surface area contributed by atoms with Gasteiger partial charge in [0.05, 0.1) is 10.0 Å². The van der Waals surface area contributed by atoms with E-state index in [2.05, 4.69) is 0 Å². The molecule has 0 spiro atoms. The summed E-state index contributed by atoms with van der Waals surface area (Å²) in [5, 5.41) is 1.40. The lowest BCUT2D eigenvalue weighted by atomic mass is 10.0. The monoisotopic (exact) mass is 458 g/mol. The lowest BCUT2D eigenvalue weighted by Gasteiger charge is -2.18. The maximum Gasteiger partial charge on any atom is 0.155 e. The Morgan fingerprint density at radius 2 is 0.828 bits per heavy atom. The molecule has 144 valence electrons. The molecule has 4 aromatic rings. The summed E-state index contributed by atoms with van der Waals surface area (Å²) >= 11 is 25.7. The predicted octanol–water partition coefficient (Wildman–Crippen LogP) is 9.43. The van der Waals surface area contributed by atoms with Crippen LogP contribution >= 0.6 is 46.4 Å². The topological polar surface area (TPSA) is 9.23 Å². The highest BCUT2D eigenvalue weighted by Crippen LogP contribution is 2.48. The number of hydrogen-bond donors (Lipinski definition) is 0. The van der Waals surface area contributed by atoms with E-state index in [1.807, 2.05) is 72.8 Å². The predicted molar refractivity (Wildman–Crippen MR) is 124 cm³/mol. The normalized spacial score (nSPS) is 10.8. The summed E-state index contributed by atoms with van der Waals surface area (Å²) in [4.78, 5) is 0. The van der Waals surface area contributed by atoms with E-state index >= 15 is 0 Å². The molecule has 5 heteroatoms. The molecule has 0 saturated heterocycles. The van der Waals surface area contributed by atoms with Crippen molar-refractivity contribution in [2.24, 2.45) is 0 Å². The van der Waals surface area contributed by atoms with Gasteiger partial charge < -0.3 is 4.74 Å². The molecule has 0 aliphatic heterocycles. The van der Waals surface area contributed by atoms with E-state index in [0.717, 1.165) is 22.3 Å². The molecule has 29 heavy (non-hydrogen) atoms. The van der Waals surface area contributed by atoms with E-state index in [4.69, 9.17) is 51.1 Å².